The molecule has 0 aromatic carbocycles. The summed E-state index contributed by atoms with van der Waals surface area (Å²) in [6.07, 6.45) is 13.7. The van der Waals surface area contributed by atoms with Gasteiger partial charge in [0.2, 0.25) is 0 Å². The van der Waals surface area contributed by atoms with Crippen LogP contribution in [0.2, 0.25) is 5.02 Å². The Bertz CT molecular complexity index is 1510. The number of carbonyl (C=O) groups is 1. The lowest BCUT2D eigenvalue weighted by atomic mass is 10.1. The zero-order chi connectivity index (χ0) is 22.5. The number of aromatic nitrogens is 6. The van der Waals surface area contributed by atoms with Crippen molar-refractivity contribution in [3.05, 3.63) is 88.9 Å². The lowest BCUT2D eigenvalue weighted by molar-refractivity contribution is 0.0982. The summed E-state index contributed by atoms with van der Waals surface area (Å²) in [5, 5.41) is 4.62. The van der Waals surface area contributed by atoms with Gasteiger partial charge in [-0.15, -0.1) is 0 Å². The van der Waals surface area contributed by atoms with E-state index in [1.807, 2.05) is 12.3 Å². The number of carbonyl (C=O) groups excluding carboxylic acids is 1. The quantitative estimate of drug-likeness (QED) is 0.328. The van der Waals surface area contributed by atoms with Gasteiger partial charge in [-0.3, -0.25) is 13.9 Å². The van der Waals surface area contributed by atoms with Crippen molar-refractivity contribution in [1.29, 1.82) is 0 Å². The van der Waals surface area contributed by atoms with Gasteiger partial charge in [-0.05, 0) is 36.5 Å². The molecule has 33 heavy (non-hydrogen) atoms. The molecule has 5 aromatic rings. The van der Waals surface area contributed by atoms with Gasteiger partial charge in [0.25, 0.3) is 0 Å². The Morgan fingerprint density at radius 1 is 1.15 bits per heavy atom. The molecule has 6 rings (SSSR count). The summed E-state index contributed by atoms with van der Waals surface area (Å²) in [5.74, 6) is 0.785. The number of rotatable bonds is 7. The van der Waals surface area contributed by atoms with Crippen LogP contribution in [0, 0.1) is 5.82 Å². The fraction of sp³-hybridized carbons (Fsp3) is 0.250. The van der Waals surface area contributed by atoms with Gasteiger partial charge in [-0.1, -0.05) is 17.7 Å². The monoisotopic (exact) mass is 462 g/mol. The maximum atomic E-state index is 14.0. The van der Waals surface area contributed by atoms with Crippen molar-refractivity contribution >= 4 is 28.5 Å². The first-order valence-corrected chi connectivity index (χ1v) is 11.3. The number of ketones is 1. The molecule has 0 unspecified atom stereocenters. The maximum absolute atomic E-state index is 14.0. The first-order valence-electron chi connectivity index (χ1n) is 10.9. The Kier molecular flexibility index (Phi) is 4.76. The van der Waals surface area contributed by atoms with Crippen LogP contribution < -0.4 is 0 Å². The average Bonchev–Trinajstić information content (AvgIpc) is 3.20. The number of Topliss-reactive ketones (excluding diaryl/α,β-unsaturated/α-hetero) is 1. The van der Waals surface area contributed by atoms with Gasteiger partial charge in [0, 0.05) is 37.6 Å². The number of nitrogens with zero attached hydrogens (tertiary/aromatic N) is 6. The van der Waals surface area contributed by atoms with E-state index in [4.69, 9.17) is 11.6 Å². The van der Waals surface area contributed by atoms with E-state index in [0.717, 1.165) is 11.3 Å². The third-order valence-electron chi connectivity index (χ3n) is 6.06. The van der Waals surface area contributed by atoms with Crippen LogP contribution in [0.4, 0.5) is 4.39 Å². The van der Waals surface area contributed by atoms with Crippen molar-refractivity contribution < 1.29 is 9.18 Å². The summed E-state index contributed by atoms with van der Waals surface area (Å²) in [5.41, 5.74) is 4.01. The minimum Gasteiger partial charge on any atom is -0.306 e. The third kappa shape index (κ3) is 3.91. The van der Waals surface area contributed by atoms with Crippen molar-refractivity contribution in [3.63, 3.8) is 0 Å². The predicted molar refractivity (Wildman–Crippen MR) is 121 cm³/mol. The zero-order valence-corrected chi connectivity index (χ0v) is 18.4. The van der Waals surface area contributed by atoms with Crippen LogP contribution in [0.15, 0.2) is 55.4 Å². The molecule has 1 aliphatic rings. The fourth-order valence-corrected chi connectivity index (χ4v) is 4.38. The van der Waals surface area contributed by atoms with E-state index in [-0.39, 0.29) is 17.2 Å². The summed E-state index contributed by atoms with van der Waals surface area (Å²) >= 11 is 5.96. The lowest BCUT2D eigenvalue weighted by Gasteiger charge is -2.02. The third-order valence-corrected chi connectivity index (χ3v) is 6.27. The molecule has 1 saturated carbocycles. The maximum Gasteiger partial charge on any atom is 0.166 e. The number of aryl methyl sites for hydroxylation is 1. The van der Waals surface area contributed by atoms with E-state index < -0.39 is 5.82 Å². The number of imidazole rings is 2. The number of pyridine rings is 2. The highest BCUT2D eigenvalue weighted by molar-refractivity contribution is 6.30. The normalized spacial score (nSPS) is 13.9. The van der Waals surface area contributed by atoms with Gasteiger partial charge in [-0.25, -0.2) is 14.4 Å². The molecule has 0 N–H and O–H groups in total. The average molecular weight is 463 g/mol. The molecule has 0 spiro atoms. The van der Waals surface area contributed by atoms with Gasteiger partial charge in [0.15, 0.2) is 5.78 Å². The smallest absolute Gasteiger partial charge is 0.166 e. The van der Waals surface area contributed by atoms with Gasteiger partial charge < -0.3 is 4.40 Å². The van der Waals surface area contributed by atoms with Gasteiger partial charge >= 0.3 is 0 Å². The first kappa shape index (κ1) is 20.1. The number of fused-ring (bicyclic) bond motifs is 2. The molecule has 1 aliphatic carbocycles. The van der Waals surface area contributed by atoms with Gasteiger partial charge in [-0.2, -0.15) is 5.10 Å². The van der Waals surface area contributed by atoms with Crippen LogP contribution >= 0.6 is 11.6 Å². The Balaban J connectivity index is 1.14. The van der Waals surface area contributed by atoms with Crippen LogP contribution in [0.1, 0.15) is 52.6 Å². The Morgan fingerprint density at radius 3 is 2.88 bits per heavy atom. The molecule has 1 fully saturated rings. The summed E-state index contributed by atoms with van der Waals surface area (Å²) in [7, 11) is 0. The van der Waals surface area contributed by atoms with Crippen molar-refractivity contribution in [3.8, 4) is 0 Å². The summed E-state index contributed by atoms with van der Waals surface area (Å²) in [4.78, 5) is 21.6. The molecule has 9 heteroatoms. The fourth-order valence-electron chi connectivity index (χ4n) is 4.19. The number of hydrogen-bond acceptors (Lipinski definition) is 4. The molecule has 7 nitrogen and oxygen atoms in total. The molecule has 0 atom stereocenters. The Morgan fingerprint density at radius 2 is 2.03 bits per heavy atom. The molecule has 0 aliphatic heterocycles. The lowest BCUT2D eigenvalue weighted by Crippen LogP contribution is -2.04. The SMILES string of the molecule is O=C(CCc1ncc2c(F)cc(Cl)cn12)c1cnn(Cc2cn3cc(C4CC4)ccc3n2)c1. The second-order valence-corrected chi connectivity index (χ2v) is 8.96. The van der Waals surface area contributed by atoms with E-state index in [9.17, 15) is 9.18 Å². The Labute approximate surface area is 193 Å². The molecule has 5 heterocycles. The van der Waals surface area contributed by atoms with E-state index in [1.165, 1.54) is 30.7 Å². The molecular formula is C24H20ClFN6O. The van der Waals surface area contributed by atoms with Crippen LogP contribution in [-0.2, 0) is 13.0 Å². The highest BCUT2D eigenvalue weighted by Crippen LogP contribution is 2.39. The largest absolute Gasteiger partial charge is 0.306 e. The number of halogens is 2. The van der Waals surface area contributed by atoms with Crippen molar-refractivity contribution in [2.75, 3.05) is 0 Å². The standard InChI is InChI=1S/C24H20ClFN6O/c25-18-7-20(26)21-9-27-23(32(21)12-18)6-4-22(33)17-8-28-31(11-17)14-19-13-30-10-16(15-1-2-15)3-5-24(30)29-19/h3,5,7-13,15H,1-2,4,6,14H2. The van der Waals surface area contributed by atoms with E-state index in [2.05, 4.69) is 31.7 Å². The minimum absolute atomic E-state index is 0.0513. The van der Waals surface area contributed by atoms with Crippen LogP contribution in [-0.4, -0.2) is 34.3 Å². The Hall–Kier alpha value is -3.52. The van der Waals surface area contributed by atoms with E-state index in [1.54, 1.807) is 27.7 Å². The van der Waals surface area contributed by atoms with Gasteiger partial charge in [0.05, 0.1) is 35.2 Å². The van der Waals surface area contributed by atoms with E-state index in [0.29, 0.717) is 35.8 Å². The molecule has 0 bridgehead atoms. The molecule has 166 valence electrons. The molecular weight excluding hydrogens is 443 g/mol. The molecule has 0 saturated heterocycles. The van der Waals surface area contributed by atoms with Crippen LogP contribution in [0.5, 0.6) is 0 Å². The zero-order valence-electron chi connectivity index (χ0n) is 17.7. The van der Waals surface area contributed by atoms with Crippen LogP contribution in [0.3, 0.4) is 0 Å². The summed E-state index contributed by atoms with van der Waals surface area (Å²) in [6, 6.07) is 5.45. The summed E-state index contributed by atoms with van der Waals surface area (Å²) < 4.78 is 19.4. The van der Waals surface area contributed by atoms with Crippen molar-refractivity contribution in [2.24, 2.45) is 0 Å². The van der Waals surface area contributed by atoms with Crippen LogP contribution in [0.25, 0.3) is 11.2 Å². The predicted octanol–water partition coefficient (Wildman–Crippen LogP) is 4.71. The minimum atomic E-state index is -0.440. The van der Waals surface area contributed by atoms with Gasteiger partial charge in [0.1, 0.15) is 22.8 Å². The van der Waals surface area contributed by atoms with Crippen molar-refractivity contribution in [1.82, 2.24) is 28.5 Å². The molecule has 0 radical (unpaired) electrons. The highest BCUT2D eigenvalue weighted by Gasteiger charge is 2.23. The second-order valence-electron chi connectivity index (χ2n) is 8.52. The summed E-state index contributed by atoms with van der Waals surface area (Å²) in [6.45, 7) is 0.483. The number of hydrogen-bond donors (Lipinski definition) is 0. The van der Waals surface area contributed by atoms with Crippen molar-refractivity contribution in [2.45, 2.75) is 38.1 Å². The first-order chi connectivity index (χ1) is 16.0. The molecule has 0 amide bonds. The highest BCUT2D eigenvalue weighted by atomic mass is 35.5. The van der Waals surface area contributed by atoms with E-state index >= 15 is 0 Å². The topological polar surface area (TPSA) is 69.5 Å². The molecule has 5 aromatic heterocycles. The second kappa shape index (κ2) is 7.81.